The van der Waals surface area contributed by atoms with E-state index < -0.39 is 23.7 Å². The van der Waals surface area contributed by atoms with Gasteiger partial charge >= 0.3 is 12.1 Å². The molecule has 0 spiro atoms. The summed E-state index contributed by atoms with van der Waals surface area (Å²) in [6.07, 6.45) is -0.682. The molecule has 2 aromatic carbocycles. The van der Waals surface area contributed by atoms with Crippen molar-refractivity contribution in [3.8, 4) is 5.75 Å². The first-order valence-corrected chi connectivity index (χ1v) is 11.0. The molecule has 0 bridgehead atoms. The standard InChI is InChI=1S/C23H26N2O6S/c1-23(2,3)31-22(29)24-17-13-32-19-10-7-15(21(27)28)11-18(19)25(20(17)26)12-14-5-8-16(30-4)9-6-14/h5-11,17H,12-13H2,1-4H3,(H,24,29)(H,27,28)/t17-/m0/s1. The highest BCUT2D eigenvalue weighted by Gasteiger charge is 2.33. The average molecular weight is 459 g/mol. The summed E-state index contributed by atoms with van der Waals surface area (Å²) in [6, 6.07) is 11.1. The zero-order valence-electron chi connectivity index (χ0n) is 18.4. The van der Waals surface area contributed by atoms with E-state index in [-0.39, 0.29) is 23.8 Å². The zero-order chi connectivity index (χ0) is 23.5. The first kappa shape index (κ1) is 23.5. The summed E-state index contributed by atoms with van der Waals surface area (Å²) in [5.74, 6) is -0.455. The second-order valence-electron chi connectivity index (χ2n) is 8.27. The molecule has 1 aliphatic heterocycles. The Hall–Kier alpha value is -3.20. The third-order valence-electron chi connectivity index (χ3n) is 4.66. The summed E-state index contributed by atoms with van der Waals surface area (Å²) >= 11 is 1.38. The fraction of sp³-hybridized carbons (Fsp3) is 0.348. The van der Waals surface area contributed by atoms with Crippen LogP contribution in [0.25, 0.3) is 0 Å². The average Bonchev–Trinajstić information content (AvgIpc) is 2.84. The van der Waals surface area contributed by atoms with E-state index in [2.05, 4.69) is 5.32 Å². The number of rotatable bonds is 5. The van der Waals surface area contributed by atoms with Gasteiger partial charge in [0.1, 0.15) is 17.4 Å². The highest BCUT2D eigenvalue weighted by Crippen LogP contribution is 2.36. The van der Waals surface area contributed by atoms with Crippen molar-refractivity contribution in [2.75, 3.05) is 17.8 Å². The third-order valence-corrected chi connectivity index (χ3v) is 5.81. The lowest BCUT2D eigenvalue weighted by atomic mass is 10.1. The Balaban J connectivity index is 1.95. The second-order valence-corrected chi connectivity index (χ2v) is 9.33. The Bertz CT molecular complexity index is 1020. The number of amides is 2. The van der Waals surface area contributed by atoms with E-state index in [9.17, 15) is 19.5 Å². The number of ether oxygens (including phenoxy) is 2. The van der Waals surface area contributed by atoms with Crippen LogP contribution in [0, 0.1) is 0 Å². The van der Waals surface area contributed by atoms with E-state index >= 15 is 0 Å². The van der Waals surface area contributed by atoms with Crippen LogP contribution in [0.3, 0.4) is 0 Å². The Morgan fingerprint density at radius 1 is 1.19 bits per heavy atom. The van der Waals surface area contributed by atoms with Crippen molar-refractivity contribution in [3.63, 3.8) is 0 Å². The van der Waals surface area contributed by atoms with E-state index in [4.69, 9.17) is 9.47 Å². The molecule has 0 unspecified atom stereocenters. The van der Waals surface area contributed by atoms with Gasteiger partial charge in [0.05, 0.1) is 24.9 Å². The molecule has 170 valence electrons. The van der Waals surface area contributed by atoms with Crippen LogP contribution in [0.5, 0.6) is 5.75 Å². The van der Waals surface area contributed by atoms with E-state index in [1.165, 1.54) is 28.8 Å². The lowest BCUT2D eigenvalue weighted by Crippen LogP contribution is -2.50. The highest BCUT2D eigenvalue weighted by atomic mass is 32.2. The minimum atomic E-state index is -1.08. The quantitative estimate of drug-likeness (QED) is 0.699. The van der Waals surface area contributed by atoms with Crippen molar-refractivity contribution in [2.45, 2.75) is 43.9 Å². The first-order chi connectivity index (χ1) is 15.1. The number of nitrogens with zero attached hydrogens (tertiary/aromatic N) is 1. The van der Waals surface area contributed by atoms with Gasteiger partial charge in [-0.25, -0.2) is 9.59 Å². The van der Waals surface area contributed by atoms with E-state index in [1.807, 2.05) is 12.1 Å². The molecule has 0 aromatic heterocycles. The predicted molar refractivity (Wildman–Crippen MR) is 121 cm³/mol. The number of carboxylic acids is 1. The zero-order valence-corrected chi connectivity index (χ0v) is 19.2. The number of methoxy groups -OCH3 is 1. The molecule has 1 heterocycles. The predicted octanol–water partition coefficient (Wildman–Crippen LogP) is 3.93. The number of fused-ring (bicyclic) bond motifs is 1. The fourth-order valence-electron chi connectivity index (χ4n) is 3.16. The Kier molecular flexibility index (Phi) is 6.98. The number of thioether (sulfide) groups is 1. The summed E-state index contributed by atoms with van der Waals surface area (Å²) in [6.45, 7) is 5.44. The highest BCUT2D eigenvalue weighted by molar-refractivity contribution is 7.99. The molecule has 1 atom stereocenters. The van der Waals surface area contributed by atoms with Gasteiger partial charge in [0, 0.05) is 10.6 Å². The van der Waals surface area contributed by atoms with Gasteiger partial charge in [0.25, 0.3) is 5.91 Å². The van der Waals surface area contributed by atoms with E-state index in [0.29, 0.717) is 11.4 Å². The van der Waals surface area contributed by atoms with Crippen LogP contribution in [-0.2, 0) is 16.1 Å². The van der Waals surface area contributed by atoms with Crippen molar-refractivity contribution in [1.29, 1.82) is 0 Å². The van der Waals surface area contributed by atoms with Crippen molar-refractivity contribution in [2.24, 2.45) is 0 Å². The summed E-state index contributed by atoms with van der Waals surface area (Å²) in [4.78, 5) is 39.6. The molecule has 0 radical (unpaired) electrons. The van der Waals surface area contributed by atoms with Crippen LogP contribution in [0.15, 0.2) is 47.4 Å². The Morgan fingerprint density at radius 2 is 1.88 bits per heavy atom. The molecule has 8 nitrogen and oxygen atoms in total. The van der Waals surface area contributed by atoms with Gasteiger partial charge in [-0.1, -0.05) is 12.1 Å². The van der Waals surface area contributed by atoms with Gasteiger partial charge in [-0.15, -0.1) is 11.8 Å². The van der Waals surface area contributed by atoms with Gasteiger partial charge in [-0.05, 0) is 56.7 Å². The first-order valence-electron chi connectivity index (χ1n) is 10.0. The molecule has 0 saturated carbocycles. The molecule has 9 heteroatoms. The largest absolute Gasteiger partial charge is 0.497 e. The molecule has 2 aromatic rings. The number of anilines is 1. The smallest absolute Gasteiger partial charge is 0.408 e. The van der Waals surface area contributed by atoms with Crippen LogP contribution in [0.2, 0.25) is 0 Å². The molecular formula is C23H26N2O6S. The second kappa shape index (κ2) is 9.52. The molecule has 1 aliphatic rings. The van der Waals surface area contributed by atoms with Gasteiger partial charge in [-0.2, -0.15) is 0 Å². The maximum absolute atomic E-state index is 13.5. The van der Waals surface area contributed by atoms with Gasteiger partial charge < -0.3 is 24.8 Å². The maximum atomic E-state index is 13.5. The molecule has 2 N–H and O–H groups in total. The van der Waals surface area contributed by atoms with Gasteiger partial charge in [0.2, 0.25) is 0 Å². The van der Waals surface area contributed by atoms with Crippen LogP contribution < -0.4 is 15.0 Å². The lowest BCUT2D eigenvalue weighted by Gasteiger charge is -2.27. The van der Waals surface area contributed by atoms with Crippen LogP contribution in [0.1, 0.15) is 36.7 Å². The number of aromatic carboxylic acids is 1. The topological polar surface area (TPSA) is 105 Å². The number of hydrogen-bond donors (Lipinski definition) is 2. The van der Waals surface area contributed by atoms with Crippen molar-refractivity contribution in [3.05, 3.63) is 53.6 Å². The lowest BCUT2D eigenvalue weighted by molar-refractivity contribution is -0.120. The molecule has 3 rings (SSSR count). The Labute approximate surface area is 190 Å². The molecule has 2 amide bonds. The molecular weight excluding hydrogens is 432 g/mol. The van der Waals surface area contributed by atoms with Crippen LogP contribution in [0.4, 0.5) is 10.5 Å². The SMILES string of the molecule is COc1ccc(CN2C(=O)[C@@H](NC(=O)OC(C)(C)C)CSc3ccc(C(=O)O)cc32)cc1. The molecule has 32 heavy (non-hydrogen) atoms. The number of carbonyl (C=O) groups is 3. The van der Waals surface area contributed by atoms with Gasteiger partial charge in [-0.3, -0.25) is 4.79 Å². The number of carboxylic acid groups (broad SMARTS) is 1. The minimum Gasteiger partial charge on any atom is -0.497 e. The fourth-order valence-corrected chi connectivity index (χ4v) is 4.22. The maximum Gasteiger partial charge on any atom is 0.408 e. The van der Waals surface area contributed by atoms with Crippen molar-refractivity contribution >= 4 is 35.4 Å². The summed E-state index contributed by atoms with van der Waals surface area (Å²) < 4.78 is 10.5. The minimum absolute atomic E-state index is 0.0791. The van der Waals surface area contributed by atoms with Crippen LogP contribution in [-0.4, -0.2) is 47.6 Å². The number of benzene rings is 2. The van der Waals surface area contributed by atoms with Gasteiger partial charge in [0.15, 0.2) is 0 Å². The number of nitrogens with one attached hydrogen (secondary N) is 1. The molecule has 0 saturated heterocycles. The molecule has 0 fully saturated rings. The van der Waals surface area contributed by atoms with E-state index in [0.717, 1.165) is 10.5 Å². The summed E-state index contributed by atoms with van der Waals surface area (Å²) in [5, 5.41) is 12.1. The molecule has 0 aliphatic carbocycles. The van der Waals surface area contributed by atoms with Crippen LogP contribution >= 0.6 is 11.8 Å². The monoisotopic (exact) mass is 458 g/mol. The number of hydrogen-bond acceptors (Lipinski definition) is 6. The van der Waals surface area contributed by atoms with Crippen molar-refractivity contribution < 1.29 is 29.0 Å². The number of alkyl carbamates (subject to hydrolysis) is 1. The third kappa shape index (κ3) is 5.73. The van der Waals surface area contributed by atoms with E-state index in [1.54, 1.807) is 46.1 Å². The Morgan fingerprint density at radius 3 is 2.47 bits per heavy atom. The number of carbonyl (C=O) groups excluding carboxylic acids is 2. The summed E-state index contributed by atoms with van der Waals surface area (Å²) in [5.41, 5.74) is 0.695. The van der Waals surface area contributed by atoms with Crippen molar-refractivity contribution in [1.82, 2.24) is 5.32 Å². The summed E-state index contributed by atoms with van der Waals surface area (Å²) in [7, 11) is 1.57. The normalized spacial score (nSPS) is 16.1.